The zero-order valence-corrected chi connectivity index (χ0v) is 12.6. The van der Waals surface area contributed by atoms with Crippen molar-refractivity contribution in [1.29, 1.82) is 0 Å². The Hall–Kier alpha value is 0.1000. The normalized spacial score (nSPS) is 17.5. The molecule has 17 heavy (non-hydrogen) atoms. The van der Waals surface area contributed by atoms with E-state index in [0.29, 0.717) is 0 Å². The highest BCUT2D eigenvalue weighted by Gasteiger charge is 2.11. The molecule has 1 aliphatic rings. The molecule has 0 unspecified atom stereocenters. The molecule has 1 aliphatic heterocycles. The predicted molar refractivity (Wildman–Crippen MR) is 78.8 cm³/mol. The quantitative estimate of drug-likeness (QED) is 0.788. The second kappa shape index (κ2) is 7.52. The number of hydrogen-bond donors (Lipinski definition) is 2. The van der Waals surface area contributed by atoms with E-state index in [1.54, 1.807) is 0 Å². The minimum atomic E-state index is 0.944. The van der Waals surface area contributed by atoms with Crippen LogP contribution in [0.15, 0.2) is 15.9 Å². The van der Waals surface area contributed by atoms with Gasteiger partial charge in [-0.25, -0.2) is 0 Å². The van der Waals surface area contributed by atoms with E-state index in [9.17, 15) is 0 Å². The van der Waals surface area contributed by atoms with Gasteiger partial charge in [0, 0.05) is 14.7 Å². The van der Waals surface area contributed by atoms with Crippen LogP contribution in [0.3, 0.4) is 0 Å². The van der Waals surface area contributed by atoms with E-state index in [4.69, 9.17) is 0 Å². The molecular weight excluding hydrogens is 296 g/mol. The minimum absolute atomic E-state index is 0.944. The Balaban J connectivity index is 1.51. The molecule has 0 saturated carbocycles. The average molecular weight is 317 g/mol. The van der Waals surface area contributed by atoms with Crippen molar-refractivity contribution in [2.75, 3.05) is 26.2 Å². The number of halogens is 1. The molecule has 1 fully saturated rings. The molecule has 2 heterocycles. The van der Waals surface area contributed by atoms with Crippen LogP contribution in [-0.4, -0.2) is 26.2 Å². The lowest BCUT2D eigenvalue weighted by Crippen LogP contribution is -2.30. The van der Waals surface area contributed by atoms with E-state index in [1.807, 2.05) is 11.3 Å². The summed E-state index contributed by atoms with van der Waals surface area (Å²) in [6, 6.07) is 2.22. The third-order valence-corrected chi connectivity index (χ3v) is 5.12. The molecule has 1 saturated heterocycles. The summed E-state index contributed by atoms with van der Waals surface area (Å²) in [7, 11) is 0. The van der Waals surface area contributed by atoms with Crippen LogP contribution >= 0.6 is 27.3 Å². The van der Waals surface area contributed by atoms with E-state index in [-0.39, 0.29) is 0 Å². The van der Waals surface area contributed by atoms with Crippen molar-refractivity contribution in [1.82, 2.24) is 10.6 Å². The maximum absolute atomic E-state index is 3.56. The number of thiophene rings is 1. The Morgan fingerprint density at radius 1 is 1.35 bits per heavy atom. The van der Waals surface area contributed by atoms with Crippen LogP contribution in [0.5, 0.6) is 0 Å². The largest absolute Gasteiger partial charge is 0.317 e. The standard InChI is InChI=1S/C13H21BrN2S/c14-12-9-13(17-10-12)4-8-16-7-3-11-1-5-15-6-2-11/h9-11,15-16H,1-8H2. The summed E-state index contributed by atoms with van der Waals surface area (Å²) < 4.78 is 1.22. The second-order valence-electron chi connectivity index (χ2n) is 4.71. The molecule has 0 atom stereocenters. The monoisotopic (exact) mass is 316 g/mol. The molecule has 2 nitrogen and oxygen atoms in total. The first kappa shape index (κ1) is 13.5. The Morgan fingerprint density at radius 2 is 2.18 bits per heavy atom. The first-order chi connectivity index (χ1) is 8.34. The molecule has 0 aliphatic carbocycles. The maximum atomic E-state index is 3.56. The van der Waals surface area contributed by atoms with Crippen LogP contribution in [0, 0.1) is 5.92 Å². The second-order valence-corrected chi connectivity index (χ2v) is 6.62. The average Bonchev–Trinajstić information content (AvgIpc) is 2.76. The van der Waals surface area contributed by atoms with Gasteiger partial charge in [-0.1, -0.05) is 0 Å². The van der Waals surface area contributed by atoms with E-state index >= 15 is 0 Å². The molecule has 0 radical (unpaired) electrons. The third-order valence-electron chi connectivity index (χ3n) is 3.36. The molecule has 0 amide bonds. The lowest BCUT2D eigenvalue weighted by atomic mass is 9.95. The first-order valence-corrected chi connectivity index (χ1v) is 8.16. The van der Waals surface area contributed by atoms with Crippen LogP contribution in [0.25, 0.3) is 0 Å². The Morgan fingerprint density at radius 3 is 2.88 bits per heavy atom. The summed E-state index contributed by atoms with van der Waals surface area (Å²) in [5.41, 5.74) is 0. The van der Waals surface area contributed by atoms with Crippen molar-refractivity contribution < 1.29 is 0 Å². The van der Waals surface area contributed by atoms with Gasteiger partial charge in [0.25, 0.3) is 0 Å². The Kier molecular flexibility index (Phi) is 5.98. The predicted octanol–water partition coefficient (Wildman–Crippen LogP) is 3.03. The topological polar surface area (TPSA) is 24.1 Å². The number of hydrogen-bond acceptors (Lipinski definition) is 3. The Labute approximate surface area is 116 Å². The highest BCUT2D eigenvalue weighted by atomic mass is 79.9. The summed E-state index contributed by atoms with van der Waals surface area (Å²) in [4.78, 5) is 1.46. The van der Waals surface area contributed by atoms with Gasteiger partial charge in [0.1, 0.15) is 0 Å². The SMILES string of the molecule is Brc1csc(CCNCCC2CCNCC2)c1. The Bertz CT molecular complexity index is 321. The number of nitrogens with one attached hydrogen (secondary N) is 2. The zero-order valence-electron chi connectivity index (χ0n) is 10.2. The molecule has 96 valence electrons. The van der Waals surface area contributed by atoms with Gasteiger partial charge >= 0.3 is 0 Å². The van der Waals surface area contributed by atoms with Crippen LogP contribution in [0.4, 0.5) is 0 Å². The molecule has 0 spiro atoms. The zero-order chi connectivity index (χ0) is 11.9. The van der Waals surface area contributed by atoms with Crippen molar-refractivity contribution in [3.63, 3.8) is 0 Å². The van der Waals surface area contributed by atoms with Gasteiger partial charge in [0.2, 0.25) is 0 Å². The fourth-order valence-corrected chi connectivity index (χ4v) is 3.75. The lowest BCUT2D eigenvalue weighted by Gasteiger charge is -2.22. The molecule has 2 N–H and O–H groups in total. The maximum Gasteiger partial charge on any atom is 0.0285 e. The van der Waals surface area contributed by atoms with E-state index in [1.165, 1.54) is 48.2 Å². The third kappa shape index (κ3) is 5.08. The van der Waals surface area contributed by atoms with Gasteiger partial charge in [0.05, 0.1) is 0 Å². The van der Waals surface area contributed by atoms with Gasteiger partial charge in [-0.05, 0) is 79.8 Å². The van der Waals surface area contributed by atoms with E-state index in [0.717, 1.165) is 18.9 Å². The smallest absolute Gasteiger partial charge is 0.0285 e. The molecule has 0 aromatic carbocycles. The van der Waals surface area contributed by atoms with Crippen molar-refractivity contribution in [3.05, 3.63) is 20.8 Å². The number of rotatable bonds is 6. The van der Waals surface area contributed by atoms with Gasteiger partial charge in [-0.2, -0.15) is 0 Å². The molecule has 4 heteroatoms. The van der Waals surface area contributed by atoms with E-state index < -0.39 is 0 Å². The summed E-state index contributed by atoms with van der Waals surface area (Å²) in [6.45, 7) is 4.72. The highest BCUT2D eigenvalue weighted by molar-refractivity contribution is 9.10. The van der Waals surface area contributed by atoms with Crippen LogP contribution in [-0.2, 0) is 6.42 Å². The minimum Gasteiger partial charge on any atom is -0.317 e. The molecule has 2 rings (SSSR count). The summed E-state index contributed by atoms with van der Waals surface area (Å²) in [6.07, 6.45) is 5.22. The summed E-state index contributed by atoms with van der Waals surface area (Å²) in [5.74, 6) is 0.944. The first-order valence-electron chi connectivity index (χ1n) is 6.49. The van der Waals surface area contributed by atoms with Crippen molar-refractivity contribution in [2.45, 2.75) is 25.7 Å². The summed E-state index contributed by atoms with van der Waals surface area (Å²) in [5, 5.41) is 9.14. The summed E-state index contributed by atoms with van der Waals surface area (Å²) >= 11 is 5.33. The highest BCUT2D eigenvalue weighted by Crippen LogP contribution is 2.19. The van der Waals surface area contributed by atoms with Gasteiger partial charge in [-0.3, -0.25) is 0 Å². The number of piperidine rings is 1. The van der Waals surface area contributed by atoms with Crippen LogP contribution in [0.2, 0.25) is 0 Å². The molecule has 1 aromatic heterocycles. The molecule has 1 aromatic rings. The van der Waals surface area contributed by atoms with E-state index in [2.05, 4.69) is 38.0 Å². The molecule has 0 bridgehead atoms. The van der Waals surface area contributed by atoms with Gasteiger partial charge in [0.15, 0.2) is 0 Å². The fraction of sp³-hybridized carbons (Fsp3) is 0.692. The van der Waals surface area contributed by atoms with Crippen molar-refractivity contribution in [3.8, 4) is 0 Å². The van der Waals surface area contributed by atoms with Crippen molar-refractivity contribution in [2.24, 2.45) is 5.92 Å². The van der Waals surface area contributed by atoms with Gasteiger partial charge < -0.3 is 10.6 Å². The fourth-order valence-electron chi connectivity index (χ4n) is 2.30. The lowest BCUT2D eigenvalue weighted by molar-refractivity contribution is 0.349. The van der Waals surface area contributed by atoms with Crippen molar-refractivity contribution >= 4 is 27.3 Å². The van der Waals surface area contributed by atoms with Gasteiger partial charge in [-0.15, -0.1) is 11.3 Å². The molecular formula is C13H21BrN2S. The van der Waals surface area contributed by atoms with Crippen LogP contribution < -0.4 is 10.6 Å². The van der Waals surface area contributed by atoms with Crippen LogP contribution in [0.1, 0.15) is 24.1 Å².